The molecule has 0 aliphatic carbocycles. The number of amides is 1. The van der Waals surface area contributed by atoms with Gasteiger partial charge in [-0.3, -0.25) is 9.69 Å². The fourth-order valence-electron chi connectivity index (χ4n) is 2.97. The van der Waals surface area contributed by atoms with Crippen LogP contribution in [0.5, 0.6) is 0 Å². The van der Waals surface area contributed by atoms with Crippen LogP contribution in [0, 0.1) is 13.8 Å². The van der Waals surface area contributed by atoms with Crippen molar-refractivity contribution in [3.63, 3.8) is 0 Å². The molecule has 3 rings (SSSR count). The molecule has 0 saturated carbocycles. The number of hydrogen-bond donors (Lipinski definition) is 1. The van der Waals surface area contributed by atoms with Gasteiger partial charge in [-0.1, -0.05) is 6.92 Å². The number of nitrogens with zero attached hydrogens (tertiary/aromatic N) is 5. The maximum Gasteiger partial charge on any atom is 0.239 e. The zero-order valence-electron chi connectivity index (χ0n) is 14.7. The van der Waals surface area contributed by atoms with E-state index >= 15 is 0 Å². The Morgan fingerprint density at radius 1 is 1.38 bits per heavy atom. The molecule has 0 fully saturated rings. The molecule has 1 aliphatic rings. The molecule has 0 spiro atoms. The van der Waals surface area contributed by atoms with Crippen LogP contribution in [0.3, 0.4) is 0 Å². The molecular weight excluding hydrogens is 308 g/mol. The Morgan fingerprint density at radius 2 is 2.17 bits per heavy atom. The van der Waals surface area contributed by atoms with Crippen molar-refractivity contribution in [2.24, 2.45) is 0 Å². The second kappa shape index (κ2) is 6.72. The summed E-state index contributed by atoms with van der Waals surface area (Å²) in [7, 11) is 1.93. The second-order valence-electron chi connectivity index (χ2n) is 6.29. The fraction of sp³-hybridized carbons (Fsp3) is 0.625. The zero-order chi connectivity index (χ0) is 17.3. The van der Waals surface area contributed by atoms with Crippen molar-refractivity contribution >= 4 is 5.91 Å². The predicted molar refractivity (Wildman–Crippen MR) is 87.1 cm³/mol. The van der Waals surface area contributed by atoms with Crippen molar-refractivity contribution < 1.29 is 9.21 Å². The summed E-state index contributed by atoms with van der Waals surface area (Å²) in [6.07, 6.45) is 1.80. The Morgan fingerprint density at radius 3 is 2.92 bits per heavy atom. The lowest BCUT2D eigenvalue weighted by molar-refractivity contribution is -0.127. The number of likely N-dealkylation sites (N-methyl/N-ethyl adjacent to an activating group) is 1. The van der Waals surface area contributed by atoms with Crippen LogP contribution in [0.4, 0.5) is 0 Å². The molecule has 1 atom stereocenters. The first-order valence-corrected chi connectivity index (χ1v) is 8.31. The number of hydrogen-bond acceptors (Lipinski definition) is 6. The smallest absolute Gasteiger partial charge is 0.239 e. The summed E-state index contributed by atoms with van der Waals surface area (Å²) >= 11 is 0. The van der Waals surface area contributed by atoms with Gasteiger partial charge < -0.3 is 14.3 Å². The summed E-state index contributed by atoms with van der Waals surface area (Å²) in [6, 6.07) is -0.245. The van der Waals surface area contributed by atoms with Crippen molar-refractivity contribution in [3.05, 3.63) is 29.0 Å². The van der Waals surface area contributed by atoms with Gasteiger partial charge in [-0.05, 0) is 27.3 Å². The summed E-state index contributed by atoms with van der Waals surface area (Å²) < 4.78 is 7.72. The quantitative estimate of drug-likeness (QED) is 0.877. The maximum atomic E-state index is 12.6. The predicted octanol–water partition coefficient (Wildman–Crippen LogP) is 0.966. The molecule has 2 aromatic heterocycles. The van der Waals surface area contributed by atoms with Crippen LogP contribution in [-0.4, -0.2) is 43.6 Å². The highest BCUT2D eigenvalue weighted by atomic mass is 16.4. The van der Waals surface area contributed by atoms with Gasteiger partial charge in [-0.15, -0.1) is 10.2 Å². The molecule has 0 aromatic carbocycles. The minimum absolute atomic E-state index is 0.0240. The molecule has 3 heterocycles. The van der Waals surface area contributed by atoms with Crippen LogP contribution < -0.4 is 5.32 Å². The monoisotopic (exact) mass is 332 g/mol. The van der Waals surface area contributed by atoms with Crippen molar-refractivity contribution in [3.8, 4) is 0 Å². The highest BCUT2D eigenvalue weighted by Gasteiger charge is 2.31. The normalized spacial score (nSPS) is 17.8. The van der Waals surface area contributed by atoms with Crippen LogP contribution in [-0.2, 0) is 30.8 Å². The number of aromatic nitrogens is 4. The number of carbonyl (C=O) groups is 1. The lowest BCUT2D eigenvalue weighted by atomic mass is 10.2. The van der Waals surface area contributed by atoms with E-state index in [2.05, 4.69) is 27.4 Å². The van der Waals surface area contributed by atoms with E-state index in [1.807, 2.05) is 30.4 Å². The van der Waals surface area contributed by atoms with Crippen molar-refractivity contribution in [2.45, 2.75) is 59.3 Å². The number of aryl methyl sites for hydroxylation is 3. The summed E-state index contributed by atoms with van der Waals surface area (Å²) in [6.45, 7) is 7.43. The Labute approximate surface area is 141 Å². The van der Waals surface area contributed by atoms with Gasteiger partial charge in [0.15, 0.2) is 5.89 Å². The van der Waals surface area contributed by atoms with Gasteiger partial charge in [0, 0.05) is 6.42 Å². The Kier molecular flexibility index (Phi) is 4.66. The van der Waals surface area contributed by atoms with E-state index in [1.54, 1.807) is 0 Å². The highest BCUT2D eigenvalue weighted by Crippen LogP contribution is 2.17. The van der Waals surface area contributed by atoms with Crippen LogP contribution in [0.25, 0.3) is 0 Å². The standard InChI is InChI=1S/C16H24N6O2/c1-5-6-15-18-10(2)13(24-15)7-17-16(23)12-8-22-11(3)19-20-14(22)9-21(12)4/h12H,5-9H2,1-4H3,(H,17,23). The molecule has 1 amide bonds. The van der Waals surface area contributed by atoms with Crippen molar-refractivity contribution in [2.75, 3.05) is 7.05 Å². The van der Waals surface area contributed by atoms with Gasteiger partial charge >= 0.3 is 0 Å². The summed E-state index contributed by atoms with van der Waals surface area (Å²) in [5.41, 5.74) is 0.840. The minimum atomic E-state index is -0.245. The molecule has 130 valence electrons. The van der Waals surface area contributed by atoms with Gasteiger partial charge in [0.1, 0.15) is 23.5 Å². The molecule has 8 heteroatoms. The summed E-state index contributed by atoms with van der Waals surface area (Å²) in [5, 5.41) is 11.2. The van der Waals surface area contributed by atoms with E-state index in [9.17, 15) is 4.79 Å². The number of nitrogens with one attached hydrogen (secondary N) is 1. The van der Waals surface area contributed by atoms with Crippen LogP contribution in [0.2, 0.25) is 0 Å². The van der Waals surface area contributed by atoms with E-state index in [0.717, 1.165) is 41.8 Å². The average molecular weight is 332 g/mol. The largest absolute Gasteiger partial charge is 0.444 e. The van der Waals surface area contributed by atoms with Crippen LogP contribution >= 0.6 is 0 Å². The Hall–Kier alpha value is -2.22. The van der Waals surface area contributed by atoms with Crippen LogP contribution in [0.1, 0.15) is 42.3 Å². The molecular formula is C16H24N6O2. The average Bonchev–Trinajstić information content (AvgIpc) is 3.07. The van der Waals surface area contributed by atoms with Gasteiger partial charge in [0.25, 0.3) is 0 Å². The molecule has 1 unspecified atom stereocenters. The Bertz CT molecular complexity index is 735. The summed E-state index contributed by atoms with van der Waals surface area (Å²) in [5.74, 6) is 3.18. The fourth-order valence-corrected chi connectivity index (χ4v) is 2.97. The van der Waals surface area contributed by atoms with Gasteiger partial charge in [0.2, 0.25) is 5.91 Å². The Balaban J connectivity index is 1.64. The van der Waals surface area contributed by atoms with E-state index in [0.29, 0.717) is 19.6 Å². The lowest BCUT2D eigenvalue weighted by Crippen LogP contribution is -2.50. The van der Waals surface area contributed by atoms with Gasteiger partial charge in [0.05, 0.1) is 25.3 Å². The zero-order valence-corrected chi connectivity index (χ0v) is 14.7. The van der Waals surface area contributed by atoms with Gasteiger partial charge in [-0.25, -0.2) is 4.98 Å². The number of oxazole rings is 1. The highest BCUT2D eigenvalue weighted by molar-refractivity contribution is 5.81. The van der Waals surface area contributed by atoms with E-state index in [-0.39, 0.29) is 11.9 Å². The first-order valence-electron chi connectivity index (χ1n) is 8.31. The number of fused-ring (bicyclic) bond motifs is 1. The van der Waals surface area contributed by atoms with E-state index < -0.39 is 0 Å². The first kappa shape index (κ1) is 16.6. The van der Waals surface area contributed by atoms with Gasteiger partial charge in [-0.2, -0.15) is 0 Å². The lowest BCUT2D eigenvalue weighted by Gasteiger charge is -2.32. The third-order valence-corrected chi connectivity index (χ3v) is 4.42. The molecule has 1 aliphatic heterocycles. The molecule has 0 radical (unpaired) electrons. The second-order valence-corrected chi connectivity index (χ2v) is 6.29. The van der Waals surface area contributed by atoms with Crippen molar-refractivity contribution in [1.82, 2.24) is 30.0 Å². The third kappa shape index (κ3) is 3.19. The SMILES string of the molecule is CCCc1nc(C)c(CNC(=O)C2Cn3c(C)nnc3CN2C)o1. The summed E-state index contributed by atoms with van der Waals surface area (Å²) in [4.78, 5) is 19.0. The first-order chi connectivity index (χ1) is 11.5. The van der Waals surface area contributed by atoms with Crippen LogP contribution in [0.15, 0.2) is 4.42 Å². The maximum absolute atomic E-state index is 12.6. The van der Waals surface area contributed by atoms with E-state index in [4.69, 9.17) is 4.42 Å². The molecule has 1 N–H and O–H groups in total. The third-order valence-electron chi connectivity index (χ3n) is 4.42. The molecule has 0 bridgehead atoms. The minimum Gasteiger partial charge on any atom is -0.444 e. The molecule has 0 saturated heterocycles. The van der Waals surface area contributed by atoms with Crippen molar-refractivity contribution in [1.29, 1.82) is 0 Å². The number of rotatable bonds is 5. The molecule has 8 nitrogen and oxygen atoms in total. The molecule has 24 heavy (non-hydrogen) atoms. The molecule has 2 aromatic rings. The topological polar surface area (TPSA) is 89.1 Å². The number of carbonyl (C=O) groups excluding carboxylic acids is 1. The van der Waals surface area contributed by atoms with E-state index in [1.165, 1.54) is 0 Å².